The van der Waals surface area contributed by atoms with Crippen LogP contribution in [0.25, 0.3) is 10.9 Å². The van der Waals surface area contributed by atoms with Crippen molar-refractivity contribution < 1.29 is 9.18 Å². The molecule has 17 heavy (non-hydrogen) atoms. The summed E-state index contributed by atoms with van der Waals surface area (Å²) >= 11 is 0. The molecule has 0 unspecified atom stereocenters. The first-order valence-electron chi connectivity index (χ1n) is 5.65. The molecule has 0 amide bonds. The van der Waals surface area contributed by atoms with Gasteiger partial charge in [-0.25, -0.2) is 4.39 Å². The van der Waals surface area contributed by atoms with Crippen LogP contribution in [0.3, 0.4) is 0 Å². The van der Waals surface area contributed by atoms with E-state index in [0.29, 0.717) is 22.2 Å². The zero-order valence-corrected chi connectivity index (χ0v) is 9.93. The van der Waals surface area contributed by atoms with Crippen LogP contribution < -0.4 is 5.32 Å². The Balaban J connectivity index is 2.50. The van der Waals surface area contributed by atoms with E-state index in [9.17, 15) is 9.18 Å². The number of aromatic amines is 1. The average molecular weight is 234 g/mol. The van der Waals surface area contributed by atoms with Gasteiger partial charge in [-0.15, -0.1) is 0 Å². The van der Waals surface area contributed by atoms with E-state index in [1.807, 2.05) is 6.92 Å². The number of benzene rings is 1. The highest BCUT2D eigenvalue weighted by molar-refractivity contribution is 6.10. The number of aromatic nitrogens is 1. The Hall–Kier alpha value is -1.68. The predicted octanol–water partition coefficient (Wildman–Crippen LogP) is 2.41. The molecule has 0 aliphatic carbocycles. The number of halogens is 1. The molecule has 0 saturated heterocycles. The number of Topliss-reactive ketones (excluding diaryl/α,β-unsaturated/α-hetero) is 1. The summed E-state index contributed by atoms with van der Waals surface area (Å²) in [5, 5.41) is 3.64. The number of ketones is 1. The molecule has 2 N–H and O–H groups in total. The number of carbonyl (C=O) groups excluding carboxylic acids is 1. The first-order valence-corrected chi connectivity index (χ1v) is 5.65. The first-order chi connectivity index (χ1) is 8.15. The van der Waals surface area contributed by atoms with Crippen LogP contribution in [-0.4, -0.2) is 23.9 Å². The van der Waals surface area contributed by atoms with Gasteiger partial charge in [0.15, 0.2) is 5.78 Å². The highest BCUT2D eigenvalue weighted by Crippen LogP contribution is 2.24. The standard InChI is InChI=1S/C13H15FN2O/c1-3-15-7-11(17)12-8(2)16-13-9(12)5-4-6-10(13)14/h4-6,15-16H,3,7H2,1-2H3. The van der Waals surface area contributed by atoms with Gasteiger partial charge in [-0.05, 0) is 19.5 Å². The second kappa shape index (κ2) is 4.67. The maximum atomic E-state index is 13.5. The topological polar surface area (TPSA) is 44.9 Å². The molecule has 0 radical (unpaired) electrons. The SMILES string of the molecule is CCNCC(=O)c1c(C)[nH]c2c(F)cccc12. The van der Waals surface area contributed by atoms with Gasteiger partial charge in [0.25, 0.3) is 0 Å². The number of hydrogen-bond acceptors (Lipinski definition) is 2. The molecule has 0 aliphatic rings. The summed E-state index contributed by atoms with van der Waals surface area (Å²) in [7, 11) is 0. The molecule has 4 heteroatoms. The van der Waals surface area contributed by atoms with Crippen molar-refractivity contribution in [3.05, 3.63) is 35.3 Å². The molecule has 0 bridgehead atoms. The van der Waals surface area contributed by atoms with Gasteiger partial charge >= 0.3 is 0 Å². The van der Waals surface area contributed by atoms with Crippen molar-refractivity contribution in [3.8, 4) is 0 Å². The van der Waals surface area contributed by atoms with Crippen molar-refractivity contribution in [1.82, 2.24) is 10.3 Å². The lowest BCUT2D eigenvalue weighted by molar-refractivity contribution is 0.0993. The molecule has 2 aromatic rings. The minimum absolute atomic E-state index is 0.0128. The second-order valence-electron chi connectivity index (χ2n) is 3.99. The van der Waals surface area contributed by atoms with Crippen molar-refractivity contribution in [1.29, 1.82) is 0 Å². The van der Waals surface area contributed by atoms with Gasteiger partial charge in [-0.1, -0.05) is 19.1 Å². The summed E-state index contributed by atoms with van der Waals surface area (Å²) in [4.78, 5) is 14.9. The monoisotopic (exact) mass is 234 g/mol. The summed E-state index contributed by atoms with van der Waals surface area (Å²) in [6.07, 6.45) is 0. The third-order valence-corrected chi connectivity index (χ3v) is 2.78. The van der Waals surface area contributed by atoms with Crippen LogP contribution in [0, 0.1) is 12.7 Å². The molecule has 0 spiro atoms. The zero-order chi connectivity index (χ0) is 12.4. The Morgan fingerprint density at radius 1 is 1.47 bits per heavy atom. The predicted molar refractivity (Wildman–Crippen MR) is 65.9 cm³/mol. The van der Waals surface area contributed by atoms with E-state index >= 15 is 0 Å². The molecule has 2 rings (SSSR count). The van der Waals surface area contributed by atoms with Gasteiger partial charge in [-0.2, -0.15) is 0 Å². The molecule has 0 fully saturated rings. The third kappa shape index (κ3) is 2.08. The molecule has 1 heterocycles. The largest absolute Gasteiger partial charge is 0.356 e. The average Bonchev–Trinajstić information content (AvgIpc) is 2.64. The fourth-order valence-corrected chi connectivity index (χ4v) is 2.00. The minimum Gasteiger partial charge on any atom is -0.356 e. The molecule has 1 aromatic heterocycles. The van der Waals surface area contributed by atoms with Crippen LogP contribution in [0.4, 0.5) is 4.39 Å². The minimum atomic E-state index is -0.326. The normalized spacial score (nSPS) is 11.0. The van der Waals surface area contributed by atoms with Crippen LogP contribution in [0.5, 0.6) is 0 Å². The Morgan fingerprint density at radius 3 is 2.94 bits per heavy atom. The molecular formula is C13H15FN2O. The van der Waals surface area contributed by atoms with E-state index in [1.165, 1.54) is 6.07 Å². The number of carbonyl (C=O) groups is 1. The van der Waals surface area contributed by atoms with E-state index in [-0.39, 0.29) is 18.1 Å². The van der Waals surface area contributed by atoms with Crippen molar-refractivity contribution in [2.24, 2.45) is 0 Å². The van der Waals surface area contributed by atoms with Crippen LogP contribution in [0.15, 0.2) is 18.2 Å². The van der Waals surface area contributed by atoms with Gasteiger partial charge < -0.3 is 10.3 Å². The third-order valence-electron chi connectivity index (χ3n) is 2.78. The molecule has 3 nitrogen and oxygen atoms in total. The van der Waals surface area contributed by atoms with Crippen molar-refractivity contribution >= 4 is 16.7 Å². The number of fused-ring (bicyclic) bond motifs is 1. The molecule has 1 aromatic carbocycles. The zero-order valence-electron chi connectivity index (χ0n) is 9.93. The fraction of sp³-hybridized carbons (Fsp3) is 0.308. The number of nitrogens with one attached hydrogen (secondary N) is 2. The van der Waals surface area contributed by atoms with E-state index in [0.717, 1.165) is 6.54 Å². The first kappa shape index (κ1) is 11.8. The Labute approximate surface area is 99.0 Å². The fourth-order valence-electron chi connectivity index (χ4n) is 2.00. The smallest absolute Gasteiger partial charge is 0.179 e. The summed E-state index contributed by atoms with van der Waals surface area (Å²) in [6, 6.07) is 4.77. The van der Waals surface area contributed by atoms with Crippen molar-refractivity contribution in [3.63, 3.8) is 0 Å². The molecule has 0 aliphatic heterocycles. The second-order valence-corrected chi connectivity index (χ2v) is 3.99. The Morgan fingerprint density at radius 2 is 2.24 bits per heavy atom. The van der Waals surface area contributed by atoms with Gasteiger partial charge in [-0.3, -0.25) is 4.79 Å². The summed E-state index contributed by atoms with van der Waals surface area (Å²) in [6.45, 7) is 4.75. The highest BCUT2D eigenvalue weighted by Gasteiger charge is 2.16. The molecular weight excluding hydrogens is 219 g/mol. The van der Waals surface area contributed by atoms with Crippen LogP contribution in [-0.2, 0) is 0 Å². The lowest BCUT2D eigenvalue weighted by atomic mass is 10.1. The van der Waals surface area contributed by atoms with Crippen LogP contribution >= 0.6 is 0 Å². The van der Waals surface area contributed by atoms with E-state index in [4.69, 9.17) is 0 Å². The lowest BCUT2D eigenvalue weighted by Gasteiger charge is -2.01. The maximum absolute atomic E-state index is 13.5. The van der Waals surface area contributed by atoms with Crippen LogP contribution in [0.1, 0.15) is 23.0 Å². The number of para-hydroxylation sites is 1. The van der Waals surface area contributed by atoms with E-state index in [2.05, 4.69) is 10.3 Å². The quantitative estimate of drug-likeness (QED) is 0.798. The summed E-state index contributed by atoms with van der Waals surface area (Å²) in [5.74, 6) is -0.339. The summed E-state index contributed by atoms with van der Waals surface area (Å²) < 4.78 is 13.5. The van der Waals surface area contributed by atoms with Crippen LogP contribution in [0.2, 0.25) is 0 Å². The molecule has 90 valence electrons. The van der Waals surface area contributed by atoms with Gasteiger partial charge in [0.1, 0.15) is 5.82 Å². The Kier molecular flexibility index (Phi) is 3.24. The van der Waals surface area contributed by atoms with Crippen molar-refractivity contribution in [2.45, 2.75) is 13.8 Å². The summed E-state index contributed by atoms with van der Waals surface area (Å²) in [5.41, 5.74) is 1.71. The van der Waals surface area contributed by atoms with Gasteiger partial charge in [0.2, 0.25) is 0 Å². The van der Waals surface area contributed by atoms with Gasteiger partial charge in [0, 0.05) is 16.6 Å². The van der Waals surface area contributed by atoms with E-state index < -0.39 is 0 Å². The lowest BCUT2D eigenvalue weighted by Crippen LogP contribution is -2.22. The highest BCUT2D eigenvalue weighted by atomic mass is 19.1. The number of rotatable bonds is 4. The molecule has 0 saturated carbocycles. The van der Waals surface area contributed by atoms with E-state index in [1.54, 1.807) is 19.1 Å². The van der Waals surface area contributed by atoms with Gasteiger partial charge in [0.05, 0.1) is 12.1 Å². The number of likely N-dealkylation sites (N-methyl/N-ethyl adjacent to an activating group) is 1. The maximum Gasteiger partial charge on any atom is 0.179 e. The molecule has 0 atom stereocenters. The number of aryl methyl sites for hydroxylation is 1. The Bertz CT molecular complexity index is 560. The number of hydrogen-bond donors (Lipinski definition) is 2. The number of H-pyrrole nitrogens is 1. The van der Waals surface area contributed by atoms with Crippen molar-refractivity contribution in [2.75, 3.05) is 13.1 Å².